The van der Waals surface area contributed by atoms with Crippen molar-refractivity contribution in [2.45, 2.75) is 18.9 Å². The predicted octanol–water partition coefficient (Wildman–Crippen LogP) is 1.24. The third kappa shape index (κ3) is 2.66. The summed E-state index contributed by atoms with van der Waals surface area (Å²) in [6.45, 7) is 0.370. The lowest BCUT2D eigenvalue weighted by Crippen LogP contribution is -2.37. The first-order chi connectivity index (χ1) is 9.04. The smallest absolute Gasteiger partial charge is 0.288 e. The number of likely N-dealkylation sites (tertiary alicyclic amines) is 1. The van der Waals surface area contributed by atoms with E-state index in [2.05, 4.69) is 4.98 Å². The summed E-state index contributed by atoms with van der Waals surface area (Å²) in [5, 5.41) is 19.8. The number of hydrogen-bond acceptors (Lipinski definition) is 5. The van der Waals surface area contributed by atoms with Gasteiger partial charge in [0.25, 0.3) is 11.6 Å². The van der Waals surface area contributed by atoms with Crippen molar-refractivity contribution in [2.75, 3.05) is 13.2 Å². The Kier molecular flexibility index (Phi) is 3.96. The molecule has 0 radical (unpaired) electrons. The summed E-state index contributed by atoms with van der Waals surface area (Å²) in [5.41, 5.74) is -0.288. The Bertz CT molecular complexity index is 523. The minimum absolute atomic E-state index is 0.00350. The van der Waals surface area contributed by atoms with E-state index in [1.54, 1.807) is 0 Å². The van der Waals surface area contributed by atoms with Gasteiger partial charge in [-0.3, -0.25) is 14.9 Å². The lowest BCUT2D eigenvalue weighted by atomic mass is 10.2. The Morgan fingerprint density at radius 3 is 3.05 bits per heavy atom. The number of aromatic nitrogens is 1. The van der Waals surface area contributed by atoms with Crippen molar-refractivity contribution in [2.24, 2.45) is 0 Å². The molecule has 102 valence electrons. The maximum Gasteiger partial charge on any atom is 0.288 e. The van der Waals surface area contributed by atoms with Crippen LogP contribution in [0.15, 0.2) is 12.3 Å². The van der Waals surface area contributed by atoms with Gasteiger partial charge in [0, 0.05) is 12.6 Å². The topological polar surface area (TPSA) is 96.6 Å². The molecule has 1 amide bonds. The van der Waals surface area contributed by atoms with Crippen LogP contribution < -0.4 is 0 Å². The van der Waals surface area contributed by atoms with E-state index in [0.29, 0.717) is 13.0 Å². The van der Waals surface area contributed by atoms with Crippen LogP contribution in [0.5, 0.6) is 0 Å². The number of halogens is 1. The molecule has 1 aliphatic rings. The number of nitro groups is 1. The molecule has 1 aliphatic heterocycles. The van der Waals surface area contributed by atoms with Crippen LogP contribution in [0.1, 0.15) is 23.2 Å². The van der Waals surface area contributed by atoms with Crippen LogP contribution in [0.3, 0.4) is 0 Å². The van der Waals surface area contributed by atoms with Gasteiger partial charge in [0.1, 0.15) is 11.3 Å². The molecular formula is C11H12ClN3O4. The van der Waals surface area contributed by atoms with Gasteiger partial charge in [0.05, 0.1) is 23.1 Å². The molecule has 2 rings (SSSR count). The number of nitrogens with zero attached hydrogens (tertiary/aromatic N) is 3. The maximum absolute atomic E-state index is 12.3. The monoisotopic (exact) mass is 285 g/mol. The fourth-order valence-electron chi connectivity index (χ4n) is 2.13. The Hall–Kier alpha value is -1.73. The minimum Gasteiger partial charge on any atom is -0.394 e. The zero-order chi connectivity index (χ0) is 14.0. The molecular weight excluding hydrogens is 274 g/mol. The van der Waals surface area contributed by atoms with Gasteiger partial charge >= 0.3 is 0 Å². The number of pyridine rings is 1. The Balaban J connectivity index is 2.32. The van der Waals surface area contributed by atoms with Crippen LogP contribution >= 0.6 is 11.6 Å². The number of aliphatic hydroxyl groups excluding tert-OH is 1. The standard InChI is InChI=1S/C11H12ClN3O4/c12-10-9(4-8(5-13-10)15(18)19)11(17)14-3-1-2-7(14)6-16/h4-5,7,16H,1-3,6H2/t7-/m1/s1. The van der Waals surface area contributed by atoms with Gasteiger partial charge in [0.15, 0.2) is 0 Å². The van der Waals surface area contributed by atoms with Crippen molar-refractivity contribution in [1.29, 1.82) is 0 Å². The van der Waals surface area contributed by atoms with Gasteiger partial charge in [0.2, 0.25) is 0 Å². The fourth-order valence-corrected chi connectivity index (χ4v) is 2.32. The molecule has 7 nitrogen and oxygen atoms in total. The van der Waals surface area contributed by atoms with Crippen LogP contribution in [0.4, 0.5) is 5.69 Å². The van der Waals surface area contributed by atoms with Gasteiger partial charge in [-0.15, -0.1) is 0 Å². The quantitative estimate of drug-likeness (QED) is 0.512. The van der Waals surface area contributed by atoms with Gasteiger partial charge in [-0.05, 0) is 12.8 Å². The van der Waals surface area contributed by atoms with Crippen molar-refractivity contribution >= 4 is 23.2 Å². The zero-order valence-electron chi connectivity index (χ0n) is 9.95. The van der Waals surface area contributed by atoms with E-state index in [1.165, 1.54) is 4.90 Å². The summed E-state index contributed by atoms with van der Waals surface area (Å²) in [6.07, 6.45) is 2.51. The highest BCUT2D eigenvalue weighted by Crippen LogP contribution is 2.25. The van der Waals surface area contributed by atoms with Gasteiger partial charge < -0.3 is 10.0 Å². The minimum atomic E-state index is -0.631. The van der Waals surface area contributed by atoms with Gasteiger partial charge in [-0.2, -0.15) is 0 Å². The largest absolute Gasteiger partial charge is 0.394 e. The van der Waals surface area contributed by atoms with E-state index >= 15 is 0 Å². The normalized spacial score (nSPS) is 18.6. The molecule has 8 heteroatoms. The highest BCUT2D eigenvalue weighted by atomic mass is 35.5. The van der Waals surface area contributed by atoms with E-state index in [4.69, 9.17) is 11.6 Å². The van der Waals surface area contributed by atoms with Crippen molar-refractivity contribution in [3.05, 3.63) is 33.1 Å². The average Bonchev–Trinajstić information content (AvgIpc) is 2.86. The van der Waals surface area contributed by atoms with Crippen molar-refractivity contribution in [1.82, 2.24) is 9.88 Å². The second-order valence-corrected chi connectivity index (χ2v) is 4.62. The van der Waals surface area contributed by atoms with Crippen LogP contribution in [-0.4, -0.2) is 45.0 Å². The molecule has 1 N–H and O–H groups in total. The van der Waals surface area contributed by atoms with Crippen molar-refractivity contribution in [3.63, 3.8) is 0 Å². The molecule has 0 aliphatic carbocycles. The third-order valence-electron chi connectivity index (χ3n) is 3.11. The summed E-state index contributed by atoms with van der Waals surface area (Å²) in [6, 6.07) is 0.854. The van der Waals surface area contributed by atoms with Crippen LogP contribution in [0, 0.1) is 10.1 Å². The molecule has 19 heavy (non-hydrogen) atoms. The number of aliphatic hydroxyl groups is 1. The Morgan fingerprint density at radius 2 is 2.42 bits per heavy atom. The predicted molar refractivity (Wildman–Crippen MR) is 67.0 cm³/mol. The highest BCUT2D eigenvalue weighted by Gasteiger charge is 2.31. The summed E-state index contributed by atoms with van der Waals surface area (Å²) in [5.74, 6) is -0.433. The van der Waals surface area contributed by atoms with Crippen LogP contribution in [-0.2, 0) is 0 Å². The van der Waals surface area contributed by atoms with E-state index in [1.807, 2.05) is 0 Å². The first kappa shape index (κ1) is 13.7. The molecule has 0 unspecified atom stereocenters. The second-order valence-electron chi connectivity index (χ2n) is 4.27. The number of carbonyl (C=O) groups is 1. The van der Waals surface area contributed by atoms with E-state index in [0.717, 1.165) is 18.7 Å². The number of carbonyl (C=O) groups excluding carboxylic acids is 1. The lowest BCUT2D eigenvalue weighted by molar-refractivity contribution is -0.385. The Morgan fingerprint density at radius 1 is 1.68 bits per heavy atom. The molecule has 1 aromatic rings. The SMILES string of the molecule is O=C(c1cc([N+](=O)[O-])cnc1Cl)N1CCC[C@@H]1CO. The zero-order valence-corrected chi connectivity index (χ0v) is 10.7. The molecule has 1 aromatic heterocycles. The van der Waals surface area contributed by atoms with Gasteiger partial charge in [-0.1, -0.05) is 11.6 Å². The molecule has 0 bridgehead atoms. The van der Waals surface area contributed by atoms with Crippen molar-refractivity contribution in [3.8, 4) is 0 Å². The van der Waals surface area contributed by atoms with E-state index < -0.39 is 10.8 Å². The summed E-state index contributed by atoms with van der Waals surface area (Å²) >= 11 is 5.82. The molecule has 1 fully saturated rings. The maximum atomic E-state index is 12.3. The van der Waals surface area contributed by atoms with Crippen molar-refractivity contribution < 1.29 is 14.8 Å². The van der Waals surface area contributed by atoms with E-state index in [-0.39, 0.29) is 29.1 Å². The average molecular weight is 286 g/mol. The summed E-state index contributed by atoms with van der Waals surface area (Å²) < 4.78 is 0. The molecule has 0 spiro atoms. The van der Waals surface area contributed by atoms with Gasteiger partial charge in [-0.25, -0.2) is 4.98 Å². The van der Waals surface area contributed by atoms with Crippen LogP contribution in [0.2, 0.25) is 5.15 Å². The lowest BCUT2D eigenvalue weighted by Gasteiger charge is -2.23. The molecule has 1 saturated heterocycles. The molecule has 2 heterocycles. The first-order valence-electron chi connectivity index (χ1n) is 5.76. The number of rotatable bonds is 3. The second kappa shape index (κ2) is 5.50. The molecule has 1 atom stereocenters. The summed E-state index contributed by atoms with van der Waals surface area (Å²) in [7, 11) is 0. The fraction of sp³-hybridized carbons (Fsp3) is 0.455. The third-order valence-corrected chi connectivity index (χ3v) is 3.42. The van der Waals surface area contributed by atoms with Crippen LogP contribution in [0.25, 0.3) is 0 Å². The first-order valence-corrected chi connectivity index (χ1v) is 6.14. The van der Waals surface area contributed by atoms with E-state index in [9.17, 15) is 20.0 Å². The molecule has 0 saturated carbocycles. The Labute approximate surface area is 114 Å². The highest BCUT2D eigenvalue weighted by molar-refractivity contribution is 6.32. The number of hydrogen-bond donors (Lipinski definition) is 1. The summed E-state index contributed by atoms with van der Waals surface area (Å²) in [4.78, 5) is 27.5. The molecule has 0 aromatic carbocycles. The number of amides is 1.